The van der Waals surface area contributed by atoms with Crippen LogP contribution in [-0.2, 0) is 6.54 Å². The monoisotopic (exact) mass is 249 g/mol. The molecule has 1 saturated carbocycles. The standard InChI is InChI=1S/C15H27N3/c1-3-16-15(10-9-13-7-5-6-8-13)14-11-17-18(4-2)12-14/h11-13,15-16H,3-10H2,1-2H3. The largest absolute Gasteiger partial charge is 0.310 e. The van der Waals surface area contributed by atoms with Crippen LogP contribution in [0.2, 0.25) is 0 Å². The van der Waals surface area contributed by atoms with Gasteiger partial charge >= 0.3 is 0 Å². The molecule has 1 aromatic rings. The lowest BCUT2D eigenvalue weighted by atomic mass is 9.96. The van der Waals surface area contributed by atoms with Crippen molar-refractivity contribution >= 4 is 0 Å². The van der Waals surface area contributed by atoms with Gasteiger partial charge in [0.15, 0.2) is 0 Å². The Morgan fingerprint density at radius 2 is 2.17 bits per heavy atom. The summed E-state index contributed by atoms with van der Waals surface area (Å²) in [7, 11) is 0. The molecular formula is C15H27N3. The molecule has 1 aliphatic carbocycles. The Kier molecular flexibility index (Phi) is 5.24. The van der Waals surface area contributed by atoms with Gasteiger partial charge in [0.05, 0.1) is 6.20 Å². The zero-order valence-corrected chi connectivity index (χ0v) is 11.9. The second-order valence-corrected chi connectivity index (χ2v) is 5.47. The van der Waals surface area contributed by atoms with Crippen LogP contribution in [0.4, 0.5) is 0 Å². The fraction of sp³-hybridized carbons (Fsp3) is 0.800. The molecule has 1 aromatic heterocycles. The predicted molar refractivity (Wildman–Crippen MR) is 75.5 cm³/mol. The van der Waals surface area contributed by atoms with E-state index in [-0.39, 0.29) is 0 Å². The minimum atomic E-state index is 0.496. The quantitative estimate of drug-likeness (QED) is 0.801. The van der Waals surface area contributed by atoms with Gasteiger partial charge in [-0.05, 0) is 32.2 Å². The summed E-state index contributed by atoms with van der Waals surface area (Å²) in [6.45, 7) is 6.32. The molecule has 0 saturated heterocycles. The third-order valence-corrected chi connectivity index (χ3v) is 4.17. The topological polar surface area (TPSA) is 29.9 Å². The fourth-order valence-corrected chi connectivity index (χ4v) is 3.07. The van der Waals surface area contributed by atoms with Crippen LogP contribution in [0.15, 0.2) is 12.4 Å². The Morgan fingerprint density at radius 1 is 1.39 bits per heavy atom. The molecule has 102 valence electrons. The van der Waals surface area contributed by atoms with Crippen molar-refractivity contribution in [2.45, 2.75) is 65.0 Å². The molecule has 1 unspecified atom stereocenters. The van der Waals surface area contributed by atoms with Gasteiger partial charge in [-0.1, -0.05) is 32.6 Å². The Hall–Kier alpha value is -0.830. The van der Waals surface area contributed by atoms with Crippen LogP contribution in [-0.4, -0.2) is 16.3 Å². The van der Waals surface area contributed by atoms with E-state index in [9.17, 15) is 0 Å². The zero-order valence-electron chi connectivity index (χ0n) is 11.9. The molecule has 0 aliphatic heterocycles. The predicted octanol–water partition coefficient (Wildman–Crippen LogP) is 3.52. The molecule has 1 heterocycles. The number of hydrogen-bond acceptors (Lipinski definition) is 2. The van der Waals surface area contributed by atoms with E-state index in [0.717, 1.165) is 19.0 Å². The van der Waals surface area contributed by atoms with E-state index >= 15 is 0 Å². The van der Waals surface area contributed by atoms with E-state index in [2.05, 4.69) is 30.5 Å². The second kappa shape index (κ2) is 6.93. The fourth-order valence-electron chi connectivity index (χ4n) is 3.07. The van der Waals surface area contributed by atoms with Crippen LogP contribution in [0.5, 0.6) is 0 Å². The van der Waals surface area contributed by atoms with Gasteiger partial charge < -0.3 is 5.32 Å². The summed E-state index contributed by atoms with van der Waals surface area (Å²) in [6.07, 6.45) is 12.7. The highest BCUT2D eigenvalue weighted by molar-refractivity contribution is 5.10. The summed E-state index contributed by atoms with van der Waals surface area (Å²) in [5.41, 5.74) is 1.36. The van der Waals surface area contributed by atoms with Crippen LogP contribution in [0, 0.1) is 5.92 Å². The molecule has 3 nitrogen and oxygen atoms in total. The van der Waals surface area contributed by atoms with Crippen molar-refractivity contribution in [3.8, 4) is 0 Å². The lowest BCUT2D eigenvalue weighted by Gasteiger charge is -2.18. The van der Waals surface area contributed by atoms with Gasteiger partial charge in [-0.15, -0.1) is 0 Å². The average molecular weight is 249 g/mol. The molecule has 2 rings (SSSR count). The van der Waals surface area contributed by atoms with Crippen LogP contribution < -0.4 is 5.32 Å². The highest BCUT2D eigenvalue weighted by Gasteiger charge is 2.18. The van der Waals surface area contributed by atoms with Crippen LogP contribution in [0.3, 0.4) is 0 Å². The van der Waals surface area contributed by atoms with Crippen molar-refractivity contribution in [3.05, 3.63) is 18.0 Å². The van der Waals surface area contributed by atoms with Crippen molar-refractivity contribution < 1.29 is 0 Å². The van der Waals surface area contributed by atoms with Crippen molar-refractivity contribution in [1.29, 1.82) is 0 Å². The summed E-state index contributed by atoms with van der Waals surface area (Å²) >= 11 is 0. The lowest BCUT2D eigenvalue weighted by molar-refractivity contribution is 0.416. The first-order valence-electron chi connectivity index (χ1n) is 7.59. The summed E-state index contributed by atoms with van der Waals surface area (Å²) in [6, 6.07) is 0.496. The van der Waals surface area contributed by atoms with E-state index in [0.29, 0.717) is 6.04 Å². The average Bonchev–Trinajstić information content (AvgIpc) is 3.05. The molecule has 3 heteroatoms. The molecule has 1 aliphatic rings. The summed E-state index contributed by atoms with van der Waals surface area (Å²) < 4.78 is 2.02. The molecule has 0 spiro atoms. The van der Waals surface area contributed by atoms with Crippen molar-refractivity contribution in [2.75, 3.05) is 6.54 Å². The normalized spacial score (nSPS) is 18.3. The van der Waals surface area contributed by atoms with Gasteiger partial charge in [-0.2, -0.15) is 5.10 Å². The highest BCUT2D eigenvalue weighted by Crippen LogP contribution is 2.31. The van der Waals surface area contributed by atoms with E-state index in [4.69, 9.17) is 0 Å². The zero-order chi connectivity index (χ0) is 12.8. The Balaban J connectivity index is 1.89. The van der Waals surface area contributed by atoms with Crippen molar-refractivity contribution in [1.82, 2.24) is 15.1 Å². The first kappa shape index (κ1) is 13.6. The minimum absolute atomic E-state index is 0.496. The Labute approximate surface area is 111 Å². The first-order valence-corrected chi connectivity index (χ1v) is 7.59. The SMILES string of the molecule is CCNC(CCC1CCCC1)c1cnn(CC)c1. The van der Waals surface area contributed by atoms with E-state index in [1.165, 1.54) is 44.1 Å². The van der Waals surface area contributed by atoms with Gasteiger partial charge in [0.2, 0.25) is 0 Å². The van der Waals surface area contributed by atoms with E-state index < -0.39 is 0 Å². The number of aromatic nitrogens is 2. The number of rotatable bonds is 7. The summed E-state index contributed by atoms with van der Waals surface area (Å²) in [5, 5.41) is 8.00. The van der Waals surface area contributed by atoms with Gasteiger partial charge in [-0.25, -0.2) is 0 Å². The number of nitrogens with zero attached hydrogens (tertiary/aromatic N) is 2. The molecule has 0 radical (unpaired) electrons. The minimum Gasteiger partial charge on any atom is -0.310 e. The van der Waals surface area contributed by atoms with Gasteiger partial charge in [-0.3, -0.25) is 4.68 Å². The number of aryl methyl sites for hydroxylation is 1. The number of hydrogen-bond donors (Lipinski definition) is 1. The summed E-state index contributed by atoms with van der Waals surface area (Å²) in [5.74, 6) is 0.979. The molecular weight excluding hydrogens is 222 g/mol. The molecule has 1 atom stereocenters. The lowest BCUT2D eigenvalue weighted by Crippen LogP contribution is -2.21. The van der Waals surface area contributed by atoms with E-state index in [1.807, 2.05) is 10.9 Å². The maximum absolute atomic E-state index is 4.39. The Bertz CT molecular complexity index is 339. The smallest absolute Gasteiger partial charge is 0.0537 e. The van der Waals surface area contributed by atoms with Crippen LogP contribution >= 0.6 is 0 Å². The van der Waals surface area contributed by atoms with Crippen molar-refractivity contribution in [2.24, 2.45) is 5.92 Å². The van der Waals surface area contributed by atoms with Crippen LogP contribution in [0.1, 0.15) is 64.0 Å². The Morgan fingerprint density at radius 3 is 2.78 bits per heavy atom. The van der Waals surface area contributed by atoms with Gasteiger partial charge in [0, 0.05) is 24.3 Å². The maximum atomic E-state index is 4.39. The van der Waals surface area contributed by atoms with Gasteiger partial charge in [0.25, 0.3) is 0 Å². The third-order valence-electron chi connectivity index (χ3n) is 4.17. The van der Waals surface area contributed by atoms with Gasteiger partial charge in [0.1, 0.15) is 0 Å². The molecule has 1 fully saturated rings. The summed E-state index contributed by atoms with van der Waals surface area (Å²) in [4.78, 5) is 0. The highest BCUT2D eigenvalue weighted by atomic mass is 15.3. The third kappa shape index (κ3) is 3.58. The molecule has 0 aromatic carbocycles. The number of nitrogens with one attached hydrogen (secondary N) is 1. The molecule has 0 amide bonds. The van der Waals surface area contributed by atoms with Crippen LogP contribution in [0.25, 0.3) is 0 Å². The van der Waals surface area contributed by atoms with Crippen molar-refractivity contribution in [3.63, 3.8) is 0 Å². The second-order valence-electron chi connectivity index (χ2n) is 5.47. The first-order chi connectivity index (χ1) is 8.83. The molecule has 1 N–H and O–H groups in total. The molecule has 18 heavy (non-hydrogen) atoms. The maximum Gasteiger partial charge on any atom is 0.0537 e. The molecule has 0 bridgehead atoms. The van der Waals surface area contributed by atoms with E-state index in [1.54, 1.807) is 0 Å².